The summed E-state index contributed by atoms with van der Waals surface area (Å²) in [6, 6.07) is 3.63. The number of amides is 1. The molecule has 2 aromatic rings. The van der Waals surface area contributed by atoms with Gasteiger partial charge in [-0.3, -0.25) is 4.79 Å². The molecule has 1 aromatic carbocycles. The van der Waals surface area contributed by atoms with Crippen LogP contribution in [-0.2, 0) is 12.6 Å². The number of hydrogen-bond acceptors (Lipinski definition) is 2. The fourth-order valence-corrected chi connectivity index (χ4v) is 2.64. The summed E-state index contributed by atoms with van der Waals surface area (Å²) in [5, 5.41) is 9.58. The SMILES string of the molecule is Cc1c(C(N)=O)cc(C[C@H](C)O)n1-c1ccc(F)cc1C(F)(F)F. The van der Waals surface area contributed by atoms with Crippen molar-refractivity contribution in [3.05, 3.63) is 52.6 Å². The molecule has 0 fully saturated rings. The average molecular weight is 344 g/mol. The lowest BCUT2D eigenvalue weighted by atomic mass is 10.1. The van der Waals surface area contributed by atoms with Gasteiger partial charge in [0, 0.05) is 17.8 Å². The van der Waals surface area contributed by atoms with E-state index in [9.17, 15) is 27.5 Å². The second-order valence-corrected chi connectivity index (χ2v) is 5.55. The first-order chi connectivity index (χ1) is 11.0. The molecule has 1 heterocycles. The molecule has 0 bridgehead atoms. The molecule has 0 unspecified atom stereocenters. The Morgan fingerprint density at radius 1 is 1.33 bits per heavy atom. The van der Waals surface area contributed by atoms with Crippen molar-refractivity contribution in [2.24, 2.45) is 5.73 Å². The molecule has 4 nitrogen and oxygen atoms in total. The third-order valence-corrected chi connectivity index (χ3v) is 3.60. The minimum atomic E-state index is -4.79. The Morgan fingerprint density at radius 2 is 1.96 bits per heavy atom. The largest absolute Gasteiger partial charge is 0.418 e. The summed E-state index contributed by atoms with van der Waals surface area (Å²) in [4.78, 5) is 11.5. The summed E-state index contributed by atoms with van der Waals surface area (Å²) in [5.41, 5.74) is 4.26. The highest BCUT2D eigenvalue weighted by molar-refractivity contribution is 5.94. The molecular formula is C16H16F4N2O2. The summed E-state index contributed by atoms with van der Waals surface area (Å²) in [7, 11) is 0. The number of primary amides is 1. The lowest BCUT2D eigenvalue weighted by molar-refractivity contribution is -0.137. The van der Waals surface area contributed by atoms with E-state index >= 15 is 0 Å². The maximum Gasteiger partial charge on any atom is 0.418 e. The van der Waals surface area contributed by atoms with Gasteiger partial charge in [-0.25, -0.2) is 4.39 Å². The van der Waals surface area contributed by atoms with Crippen molar-refractivity contribution < 1.29 is 27.5 Å². The van der Waals surface area contributed by atoms with Gasteiger partial charge in [-0.15, -0.1) is 0 Å². The van der Waals surface area contributed by atoms with Crippen molar-refractivity contribution in [2.75, 3.05) is 0 Å². The van der Waals surface area contributed by atoms with Gasteiger partial charge in [0.1, 0.15) is 5.82 Å². The summed E-state index contributed by atoms with van der Waals surface area (Å²) in [6.45, 7) is 2.90. The first-order valence-corrected chi connectivity index (χ1v) is 7.08. The number of carbonyl (C=O) groups is 1. The first kappa shape index (κ1) is 18.0. The summed E-state index contributed by atoms with van der Waals surface area (Å²) in [5.74, 6) is -1.82. The molecule has 3 N–H and O–H groups in total. The van der Waals surface area contributed by atoms with Crippen LogP contribution in [0.2, 0.25) is 0 Å². The van der Waals surface area contributed by atoms with Crippen molar-refractivity contribution in [1.29, 1.82) is 0 Å². The van der Waals surface area contributed by atoms with Crippen LogP contribution in [0.1, 0.15) is 34.2 Å². The van der Waals surface area contributed by atoms with Crippen LogP contribution in [0.3, 0.4) is 0 Å². The number of aliphatic hydroxyl groups excluding tert-OH is 1. The molecule has 0 saturated carbocycles. The summed E-state index contributed by atoms with van der Waals surface area (Å²) in [6.07, 6.45) is -5.64. The Kier molecular flexibility index (Phi) is 4.70. The number of halogens is 4. The van der Waals surface area contributed by atoms with E-state index in [1.807, 2.05) is 0 Å². The number of benzene rings is 1. The van der Waals surface area contributed by atoms with Gasteiger partial charge in [-0.1, -0.05) is 0 Å². The van der Waals surface area contributed by atoms with Crippen molar-refractivity contribution >= 4 is 5.91 Å². The van der Waals surface area contributed by atoms with Crippen LogP contribution in [0.25, 0.3) is 5.69 Å². The summed E-state index contributed by atoms with van der Waals surface area (Å²) >= 11 is 0. The van der Waals surface area contributed by atoms with Crippen molar-refractivity contribution in [2.45, 2.75) is 32.5 Å². The van der Waals surface area contributed by atoms with Gasteiger partial charge < -0.3 is 15.4 Å². The van der Waals surface area contributed by atoms with Gasteiger partial charge in [0.25, 0.3) is 5.91 Å². The fourth-order valence-electron chi connectivity index (χ4n) is 2.64. The number of nitrogens with zero attached hydrogens (tertiary/aromatic N) is 1. The Bertz CT molecular complexity index is 779. The molecule has 0 radical (unpaired) electrons. The third-order valence-electron chi connectivity index (χ3n) is 3.60. The number of rotatable bonds is 4. The molecule has 1 aromatic heterocycles. The number of carbonyl (C=O) groups excluding carboxylic acids is 1. The Morgan fingerprint density at radius 3 is 2.46 bits per heavy atom. The zero-order valence-electron chi connectivity index (χ0n) is 13.0. The number of aromatic nitrogens is 1. The van der Waals surface area contributed by atoms with E-state index in [-0.39, 0.29) is 29.1 Å². The van der Waals surface area contributed by atoms with Gasteiger partial charge in [0.15, 0.2) is 0 Å². The van der Waals surface area contributed by atoms with Crippen molar-refractivity contribution in [3.63, 3.8) is 0 Å². The molecule has 1 amide bonds. The third kappa shape index (κ3) is 3.43. The molecule has 8 heteroatoms. The van der Waals surface area contributed by atoms with Crippen LogP contribution in [0.4, 0.5) is 17.6 Å². The lowest BCUT2D eigenvalue weighted by Crippen LogP contribution is -2.16. The Labute approximate surface area is 135 Å². The van der Waals surface area contributed by atoms with E-state index in [1.165, 1.54) is 24.5 Å². The van der Waals surface area contributed by atoms with E-state index in [4.69, 9.17) is 5.73 Å². The predicted octanol–water partition coefficient (Wildman–Crippen LogP) is 2.97. The highest BCUT2D eigenvalue weighted by Crippen LogP contribution is 2.36. The molecular weight excluding hydrogens is 328 g/mol. The van der Waals surface area contributed by atoms with E-state index in [2.05, 4.69) is 0 Å². The molecule has 0 aliphatic heterocycles. The molecule has 1 atom stereocenters. The Hall–Kier alpha value is -2.35. The number of alkyl halides is 3. The number of nitrogens with two attached hydrogens (primary N) is 1. The second-order valence-electron chi connectivity index (χ2n) is 5.55. The van der Waals surface area contributed by atoms with Crippen LogP contribution < -0.4 is 5.73 Å². The number of hydrogen-bond donors (Lipinski definition) is 2. The predicted molar refractivity (Wildman–Crippen MR) is 79.4 cm³/mol. The molecule has 0 aliphatic carbocycles. The molecule has 130 valence electrons. The van der Waals surface area contributed by atoms with Crippen molar-refractivity contribution in [1.82, 2.24) is 4.57 Å². The molecule has 0 aliphatic rings. The minimum Gasteiger partial charge on any atom is -0.393 e. The molecule has 24 heavy (non-hydrogen) atoms. The van der Waals surface area contributed by atoms with Gasteiger partial charge >= 0.3 is 6.18 Å². The van der Waals surface area contributed by atoms with E-state index in [0.29, 0.717) is 6.07 Å². The zero-order valence-corrected chi connectivity index (χ0v) is 13.0. The van der Waals surface area contributed by atoms with Crippen molar-refractivity contribution in [3.8, 4) is 5.69 Å². The van der Waals surface area contributed by atoms with Gasteiger partial charge in [-0.2, -0.15) is 13.2 Å². The van der Waals surface area contributed by atoms with Crippen LogP contribution in [-0.4, -0.2) is 21.7 Å². The van der Waals surface area contributed by atoms with Crippen LogP contribution in [0.5, 0.6) is 0 Å². The molecule has 0 saturated heterocycles. The van der Waals surface area contributed by atoms with Crippen LogP contribution >= 0.6 is 0 Å². The fraction of sp³-hybridized carbons (Fsp3) is 0.312. The quantitative estimate of drug-likeness (QED) is 0.838. The second kappa shape index (κ2) is 6.27. The van der Waals surface area contributed by atoms with Gasteiger partial charge in [0.2, 0.25) is 0 Å². The smallest absolute Gasteiger partial charge is 0.393 e. The topological polar surface area (TPSA) is 68.2 Å². The van der Waals surface area contributed by atoms with E-state index in [0.717, 1.165) is 12.1 Å². The normalized spacial score (nSPS) is 13.1. The standard InChI is InChI=1S/C16H16F4N2O2/c1-8(23)5-11-7-12(15(21)24)9(2)22(11)14-4-3-10(17)6-13(14)16(18,19)20/h3-4,6-8,23H,5H2,1-2H3,(H2,21,24)/t8-/m0/s1. The number of aliphatic hydroxyl groups is 1. The van der Waals surface area contributed by atoms with Crippen LogP contribution in [0, 0.1) is 12.7 Å². The molecule has 0 spiro atoms. The minimum absolute atomic E-state index is 0.00277. The highest BCUT2D eigenvalue weighted by atomic mass is 19.4. The van der Waals surface area contributed by atoms with E-state index < -0.39 is 29.6 Å². The zero-order chi connectivity index (χ0) is 18.2. The van der Waals surface area contributed by atoms with Crippen LogP contribution in [0.15, 0.2) is 24.3 Å². The monoisotopic (exact) mass is 344 g/mol. The molecule has 2 rings (SSSR count). The first-order valence-electron chi connectivity index (χ1n) is 7.08. The summed E-state index contributed by atoms with van der Waals surface area (Å²) < 4.78 is 54.3. The maximum atomic E-state index is 13.3. The Balaban J connectivity index is 2.79. The average Bonchev–Trinajstić information content (AvgIpc) is 2.74. The van der Waals surface area contributed by atoms with E-state index in [1.54, 1.807) is 0 Å². The van der Waals surface area contributed by atoms with Gasteiger partial charge in [0.05, 0.1) is 22.9 Å². The lowest BCUT2D eigenvalue weighted by Gasteiger charge is -2.18. The highest BCUT2D eigenvalue weighted by Gasteiger charge is 2.35. The van der Waals surface area contributed by atoms with Gasteiger partial charge in [-0.05, 0) is 38.1 Å². The maximum absolute atomic E-state index is 13.3.